The molecule has 0 saturated carbocycles. The van der Waals surface area contributed by atoms with Crippen LogP contribution in [0.1, 0.15) is 52.9 Å². The summed E-state index contributed by atoms with van der Waals surface area (Å²) in [6.45, 7) is 7.38. The molecule has 0 bridgehead atoms. The van der Waals surface area contributed by atoms with Crippen LogP contribution in [-0.4, -0.2) is 26.3 Å². The molecule has 0 spiro atoms. The van der Waals surface area contributed by atoms with E-state index in [0.29, 0.717) is 12.0 Å². The zero-order chi connectivity index (χ0) is 12.4. The first-order chi connectivity index (χ1) is 7.45. The Morgan fingerprint density at radius 1 is 1.06 bits per heavy atom. The van der Waals surface area contributed by atoms with Gasteiger partial charge in [0, 0.05) is 7.11 Å². The zero-order valence-electron chi connectivity index (χ0n) is 11.2. The Balaban J connectivity index is 3.19. The fourth-order valence-corrected chi connectivity index (χ4v) is 1.46. The SMILES string of the molecule is COCC(=O)OCCCCCCC(C)(C)C. The van der Waals surface area contributed by atoms with E-state index in [1.54, 1.807) is 0 Å². The third kappa shape index (κ3) is 11.5. The maximum atomic E-state index is 10.9. The van der Waals surface area contributed by atoms with Crippen molar-refractivity contribution in [3.63, 3.8) is 0 Å². The molecule has 0 atom stereocenters. The molecule has 0 aliphatic carbocycles. The summed E-state index contributed by atoms with van der Waals surface area (Å²) in [6, 6.07) is 0. The second-order valence-corrected chi connectivity index (χ2v) is 5.38. The van der Waals surface area contributed by atoms with Gasteiger partial charge in [-0.3, -0.25) is 0 Å². The first kappa shape index (κ1) is 15.4. The number of esters is 1. The maximum absolute atomic E-state index is 10.9. The van der Waals surface area contributed by atoms with Crippen molar-refractivity contribution < 1.29 is 14.3 Å². The van der Waals surface area contributed by atoms with Crippen LogP contribution in [0.2, 0.25) is 0 Å². The van der Waals surface area contributed by atoms with E-state index in [1.807, 2.05) is 0 Å². The Labute approximate surface area is 99.5 Å². The van der Waals surface area contributed by atoms with E-state index in [4.69, 9.17) is 4.74 Å². The Bertz CT molecular complexity index is 182. The highest BCUT2D eigenvalue weighted by atomic mass is 16.6. The molecule has 0 aliphatic heterocycles. The van der Waals surface area contributed by atoms with Gasteiger partial charge in [-0.1, -0.05) is 40.0 Å². The van der Waals surface area contributed by atoms with Crippen LogP contribution in [0.15, 0.2) is 0 Å². The maximum Gasteiger partial charge on any atom is 0.332 e. The molecule has 0 unspecified atom stereocenters. The summed E-state index contributed by atoms with van der Waals surface area (Å²) in [5.74, 6) is -0.266. The second-order valence-electron chi connectivity index (χ2n) is 5.38. The summed E-state index contributed by atoms with van der Waals surface area (Å²) >= 11 is 0. The van der Waals surface area contributed by atoms with Crippen LogP contribution in [0.3, 0.4) is 0 Å². The average Bonchev–Trinajstić information content (AvgIpc) is 2.15. The van der Waals surface area contributed by atoms with Crippen LogP contribution in [0, 0.1) is 5.41 Å². The number of carbonyl (C=O) groups excluding carboxylic acids is 1. The predicted octanol–water partition coefficient (Wildman–Crippen LogP) is 3.17. The first-order valence-electron chi connectivity index (χ1n) is 6.10. The fourth-order valence-electron chi connectivity index (χ4n) is 1.46. The van der Waals surface area contributed by atoms with Gasteiger partial charge < -0.3 is 9.47 Å². The zero-order valence-corrected chi connectivity index (χ0v) is 11.2. The summed E-state index contributed by atoms with van der Waals surface area (Å²) < 4.78 is 9.63. The molecule has 0 radical (unpaired) electrons. The number of carbonyl (C=O) groups is 1. The number of hydrogen-bond donors (Lipinski definition) is 0. The molecule has 16 heavy (non-hydrogen) atoms. The van der Waals surface area contributed by atoms with Crippen LogP contribution in [0.5, 0.6) is 0 Å². The lowest BCUT2D eigenvalue weighted by Gasteiger charge is -2.17. The van der Waals surface area contributed by atoms with Crippen LogP contribution in [-0.2, 0) is 14.3 Å². The normalized spacial score (nSPS) is 11.5. The average molecular weight is 230 g/mol. The molecule has 0 aliphatic rings. The first-order valence-corrected chi connectivity index (χ1v) is 6.10. The number of methoxy groups -OCH3 is 1. The second kappa shape index (κ2) is 8.57. The van der Waals surface area contributed by atoms with Gasteiger partial charge in [0.1, 0.15) is 6.61 Å². The summed E-state index contributed by atoms with van der Waals surface area (Å²) in [6.07, 6.45) is 5.83. The number of ether oxygens (including phenoxy) is 2. The van der Waals surface area contributed by atoms with Gasteiger partial charge in [-0.2, -0.15) is 0 Å². The highest BCUT2D eigenvalue weighted by Gasteiger charge is 2.08. The molecule has 3 nitrogen and oxygen atoms in total. The lowest BCUT2D eigenvalue weighted by atomic mass is 9.89. The molecule has 0 saturated heterocycles. The summed E-state index contributed by atoms with van der Waals surface area (Å²) in [4.78, 5) is 10.9. The van der Waals surface area contributed by atoms with Gasteiger partial charge in [-0.25, -0.2) is 4.79 Å². The van der Waals surface area contributed by atoms with Gasteiger partial charge in [0.05, 0.1) is 6.61 Å². The summed E-state index contributed by atoms with van der Waals surface area (Å²) in [5, 5.41) is 0. The fraction of sp³-hybridized carbons (Fsp3) is 0.923. The largest absolute Gasteiger partial charge is 0.464 e. The van der Waals surface area contributed by atoms with Gasteiger partial charge >= 0.3 is 5.97 Å². The van der Waals surface area contributed by atoms with Gasteiger partial charge in [-0.15, -0.1) is 0 Å². The quantitative estimate of drug-likeness (QED) is 0.474. The predicted molar refractivity (Wildman–Crippen MR) is 65.4 cm³/mol. The molecule has 0 aromatic rings. The van der Waals surface area contributed by atoms with Crippen LogP contribution >= 0.6 is 0 Å². The number of hydrogen-bond acceptors (Lipinski definition) is 3. The lowest BCUT2D eigenvalue weighted by molar-refractivity contribution is -0.148. The Hall–Kier alpha value is -0.570. The highest BCUT2D eigenvalue weighted by Crippen LogP contribution is 2.22. The highest BCUT2D eigenvalue weighted by molar-refractivity contribution is 5.70. The minimum Gasteiger partial charge on any atom is -0.464 e. The smallest absolute Gasteiger partial charge is 0.332 e. The molecular formula is C13H26O3. The molecule has 0 N–H and O–H groups in total. The summed E-state index contributed by atoms with van der Waals surface area (Å²) in [7, 11) is 1.49. The van der Waals surface area contributed by atoms with E-state index < -0.39 is 0 Å². The lowest BCUT2D eigenvalue weighted by Crippen LogP contribution is -2.11. The van der Waals surface area contributed by atoms with Crippen LogP contribution in [0.4, 0.5) is 0 Å². The molecule has 96 valence electrons. The molecular weight excluding hydrogens is 204 g/mol. The van der Waals surface area contributed by atoms with Crippen molar-refractivity contribution in [1.29, 1.82) is 0 Å². The third-order valence-corrected chi connectivity index (χ3v) is 2.35. The number of rotatable bonds is 8. The molecule has 0 aromatic heterocycles. The van der Waals surface area contributed by atoms with E-state index in [-0.39, 0.29) is 12.6 Å². The van der Waals surface area contributed by atoms with E-state index in [9.17, 15) is 4.79 Å². The molecule has 0 rings (SSSR count). The van der Waals surface area contributed by atoms with E-state index >= 15 is 0 Å². The van der Waals surface area contributed by atoms with Crippen molar-refractivity contribution in [2.75, 3.05) is 20.3 Å². The topological polar surface area (TPSA) is 35.5 Å². The van der Waals surface area contributed by atoms with Crippen LogP contribution in [0.25, 0.3) is 0 Å². The minimum atomic E-state index is -0.266. The summed E-state index contributed by atoms with van der Waals surface area (Å²) in [5.41, 5.74) is 0.435. The minimum absolute atomic E-state index is 0.0595. The Morgan fingerprint density at radius 3 is 2.25 bits per heavy atom. The molecule has 0 amide bonds. The Kier molecular flexibility index (Phi) is 8.26. The number of unbranched alkanes of at least 4 members (excludes halogenated alkanes) is 3. The van der Waals surface area contributed by atoms with E-state index in [1.165, 1.54) is 26.4 Å². The van der Waals surface area contributed by atoms with Gasteiger partial charge in [0.2, 0.25) is 0 Å². The molecule has 3 heteroatoms. The molecule has 0 aromatic carbocycles. The monoisotopic (exact) mass is 230 g/mol. The standard InChI is InChI=1S/C13H26O3/c1-13(2,3)9-7-5-6-8-10-16-12(14)11-15-4/h5-11H2,1-4H3. The van der Waals surface area contributed by atoms with Crippen molar-refractivity contribution in [3.8, 4) is 0 Å². The van der Waals surface area contributed by atoms with Gasteiger partial charge in [0.25, 0.3) is 0 Å². The van der Waals surface area contributed by atoms with Crippen molar-refractivity contribution in [3.05, 3.63) is 0 Å². The van der Waals surface area contributed by atoms with E-state index in [2.05, 4.69) is 25.5 Å². The van der Waals surface area contributed by atoms with Crippen molar-refractivity contribution in [1.82, 2.24) is 0 Å². The van der Waals surface area contributed by atoms with Crippen molar-refractivity contribution >= 4 is 5.97 Å². The van der Waals surface area contributed by atoms with Crippen LogP contribution < -0.4 is 0 Å². The Morgan fingerprint density at radius 2 is 1.69 bits per heavy atom. The van der Waals surface area contributed by atoms with E-state index in [0.717, 1.165) is 12.8 Å². The van der Waals surface area contributed by atoms with Gasteiger partial charge in [0.15, 0.2) is 0 Å². The third-order valence-electron chi connectivity index (χ3n) is 2.35. The van der Waals surface area contributed by atoms with Gasteiger partial charge in [-0.05, 0) is 18.3 Å². The molecule has 0 heterocycles. The molecule has 0 fully saturated rings. The van der Waals surface area contributed by atoms with Crippen molar-refractivity contribution in [2.45, 2.75) is 52.9 Å². The van der Waals surface area contributed by atoms with Crippen molar-refractivity contribution in [2.24, 2.45) is 5.41 Å².